The van der Waals surface area contributed by atoms with Crippen LogP contribution >= 0.6 is 0 Å². The Morgan fingerprint density at radius 2 is 1.94 bits per heavy atom. The van der Waals surface area contributed by atoms with Crippen LogP contribution in [-0.4, -0.2) is 25.1 Å². The quantitative estimate of drug-likeness (QED) is 0.803. The number of hydrogen-bond acceptors (Lipinski definition) is 3. The topological polar surface area (TPSA) is 64.3 Å². The fraction of sp³-hybridized carbons (Fsp3) is 0.417. The lowest BCUT2D eigenvalue weighted by Gasteiger charge is -2.24. The molecule has 0 atom stereocenters. The van der Waals surface area contributed by atoms with E-state index in [4.69, 9.17) is 10.5 Å². The van der Waals surface area contributed by atoms with Crippen LogP contribution in [0.4, 0.5) is 0 Å². The number of ether oxygens (including phenoxy) is 1. The Labute approximate surface area is 95.8 Å². The zero-order valence-electron chi connectivity index (χ0n) is 9.91. The van der Waals surface area contributed by atoms with Gasteiger partial charge in [-0.15, -0.1) is 0 Å². The molecule has 1 aromatic rings. The number of rotatable bonds is 4. The Morgan fingerprint density at radius 1 is 1.38 bits per heavy atom. The van der Waals surface area contributed by atoms with Gasteiger partial charge in [0.1, 0.15) is 5.75 Å². The third-order valence-corrected chi connectivity index (χ3v) is 2.31. The Balaban J connectivity index is 2.73. The molecule has 0 spiro atoms. The van der Waals surface area contributed by atoms with E-state index in [1.54, 1.807) is 31.4 Å². The second-order valence-electron chi connectivity index (χ2n) is 4.27. The molecule has 0 radical (unpaired) electrons. The van der Waals surface area contributed by atoms with E-state index in [1.807, 2.05) is 13.8 Å². The Kier molecular flexibility index (Phi) is 3.90. The maximum atomic E-state index is 11.8. The van der Waals surface area contributed by atoms with Crippen molar-refractivity contribution in [3.63, 3.8) is 0 Å². The van der Waals surface area contributed by atoms with Crippen LogP contribution in [0.3, 0.4) is 0 Å². The minimum Gasteiger partial charge on any atom is -0.497 e. The van der Waals surface area contributed by atoms with E-state index in [-0.39, 0.29) is 5.91 Å². The molecule has 0 saturated carbocycles. The first kappa shape index (κ1) is 12.5. The fourth-order valence-corrected chi connectivity index (χ4v) is 1.17. The molecule has 16 heavy (non-hydrogen) atoms. The molecule has 3 N–H and O–H groups in total. The lowest BCUT2D eigenvalue weighted by Crippen LogP contribution is -2.48. The smallest absolute Gasteiger partial charge is 0.251 e. The number of benzene rings is 1. The number of nitrogens with two attached hydrogens (primary N) is 1. The normalized spacial score (nSPS) is 11.0. The van der Waals surface area contributed by atoms with Crippen LogP contribution in [0.2, 0.25) is 0 Å². The number of amides is 1. The average Bonchev–Trinajstić information content (AvgIpc) is 2.28. The molecule has 0 aromatic heterocycles. The second kappa shape index (κ2) is 4.99. The van der Waals surface area contributed by atoms with Crippen LogP contribution in [0.25, 0.3) is 0 Å². The Hall–Kier alpha value is -1.55. The van der Waals surface area contributed by atoms with Crippen molar-refractivity contribution in [3.05, 3.63) is 29.8 Å². The summed E-state index contributed by atoms with van der Waals surface area (Å²) < 4.78 is 5.02. The molecule has 88 valence electrons. The zero-order chi connectivity index (χ0) is 12.2. The van der Waals surface area contributed by atoms with E-state index in [0.717, 1.165) is 5.75 Å². The van der Waals surface area contributed by atoms with Gasteiger partial charge < -0.3 is 15.8 Å². The lowest BCUT2D eigenvalue weighted by atomic mass is 10.1. The van der Waals surface area contributed by atoms with Crippen molar-refractivity contribution in [2.24, 2.45) is 5.73 Å². The van der Waals surface area contributed by atoms with Gasteiger partial charge in [-0.25, -0.2) is 0 Å². The van der Waals surface area contributed by atoms with Gasteiger partial charge >= 0.3 is 0 Å². The van der Waals surface area contributed by atoms with Crippen molar-refractivity contribution in [1.29, 1.82) is 0 Å². The minimum atomic E-state index is -0.392. The number of hydrogen-bond donors (Lipinski definition) is 2. The van der Waals surface area contributed by atoms with E-state index >= 15 is 0 Å². The first-order valence-electron chi connectivity index (χ1n) is 5.15. The maximum absolute atomic E-state index is 11.8. The summed E-state index contributed by atoms with van der Waals surface area (Å²) in [6.07, 6.45) is 0. The third-order valence-electron chi connectivity index (χ3n) is 2.31. The monoisotopic (exact) mass is 222 g/mol. The standard InChI is InChI=1S/C12H18N2O2/c1-12(2,8-13)14-11(15)9-4-6-10(16-3)7-5-9/h4-7H,8,13H2,1-3H3,(H,14,15). The third kappa shape index (κ3) is 3.24. The number of carbonyl (C=O) groups excluding carboxylic acids is 1. The van der Waals surface area contributed by atoms with E-state index in [1.165, 1.54) is 0 Å². The van der Waals surface area contributed by atoms with Gasteiger partial charge in [-0.1, -0.05) is 0 Å². The molecule has 0 bridgehead atoms. The summed E-state index contributed by atoms with van der Waals surface area (Å²) in [6, 6.07) is 6.95. The van der Waals surface area contributed by atoms with Crippen molar-refractivity contribution in [2.75, 3.05) is 13.7 Å². The van der Waals surface area contributed by atoms with Gasteiger partial charge in [0.15, 0.2) is 0 Å². The first-order valence-corrected chi connectivity index (χ1v) is 5.15. The van der Waals surface area contributed by atoms with Crippen molar-refractivity contribution in [3.8, 4) is 5.75 Å². The van der Waals surface area contributed by atoms with Crippen molar-refractivity contribution in [1.82, 2.24) is 5.32 Å². The van der Waals surface area contributed by atoms with Crippen LogP contribution in [0.15, 0.2) is 24.3 Å². The van der Waals surface area contributed by atoms with E-state index < -0.39 is 5.54 Å². The predicted octanol–water partition coefficient (Wildman–Crippen LogP) is 1.16. The molecular formula is C12H18N2O2. The summed E-state index contributed by atoms with van der Waals surface area (Å²) in [4.78, 5) is 11.8. The van der Waals surface area contributed by atoms with E-state index in [2.05, 4.69) is 5.32 Å². The lowest BCUT2D eigenvalue weighted by molar-refractivity contribution is 0.0915. The molecule has 0 aliphatic rings. The summed E-state index contributed by atoms with van der Waals surface area (Å²) in [6.45, 7) is 4.16. The van der Waals surface area contributed by atoms with Gasteiger partial charge in [0.05, 0.1) is 7.11 Å². The van der Waals surface area contributed by atoms with Crippen LogP contribution in [0.1, 0.15) is 24.2 Å². The predicted molar refractivity (Wildman–Crippen MR) is 63.6 cm³/mol. The van der Waals surface area contributed by atoms with Crippen LogP contribution in [0.5, 0.6) is 5.75 Å². The molecule has 0 heterocycles. The minimum absolute atomic E-state index is 0.127. The SMILES string of the molecule is COc1ccc(C(=O)NC(C)(C)CN)cc1. The molecule has 0 unspecified atom stereocenters. The van der Waals surface area contributed by atoms with Crippen molar-refractivity contribution in [2.45, 2.75) is 19.4 Å². The Morgan fingerprint density at radius 3 is 2.38 bits per heavy atom. The highest BCUT2D eigenvalue weighted by Crippen LogP contribution is 2.12. The maximum Gasteiger partial charge on any atom is 0.251 e. The van der Waals surface area contributed by atoms with Crippen LogP contribution in [-0.2, 0) is 0 Å². The van der Waals surface area contributed by atoms with E-state index in [9.17, 15) is 4.79 Å². The molecule has 0 aliphatic carbocycles. The van der Waals surface area contributed by atoms with Gasteiger partial charge in [-0.2, -0.15) is 0 Å². The largest absolute Gasteiger partial charge is 0.497 e. The summed E-state index contributed by atoms with van der Waals surface area (Å²) in [5, 5.41) is 2.85. The van der Waals surface area contributed by atoms with Gasteiger partial charge in [-0.05, 0) is 38.1 Å². The highest BCUT2D eigenvalue weighted by molar-refractivity contribution is 5.94. The van der Waals surface area contributed by atoms with Crippen molar-refractivity contribution < 1.29 is 9.53 Å². The zero-order valence-corrected chi connectivity index (χ0v) is 9.91. The number of carbonyl (C=O) groups is 1. The molecule has 0 aliphatic heterocycles. The molecular weight excluding hydrogens is 204 g/mol. The first-order chi connectivity index (χ1) is 7.48. The number of nitrogens with one attached hydrogen (secondary N) is 1. The summed E-state index contributed by atoms with van der Waals surface area (Å²) in [5.41, 5.74) is 5.75. The summed E-state index contributed by atoms with van der Waals surface area (Å²) in [7, 11) is 1.59. The molecule has 1 amide bonds. The van der Waals surface area contributed by atoms with Crippen LogP contribution in [0, 0.1) is 0 Å². The summed E-state index contributed by atoms with van der Waals surface area (Å²) >= 11 is 0. The molecule has 1 rings (SSSR count). The Bertz CT molecular complexity index is 358. The van der Waals surface area contributed by atoms with Gasteiger partial charge in [0.25, 0.3) is 5.91 Å². The van der Waals surface area contributed by atoms with Crippen LogP contribution < -0.4 is 15.8 Å². The summed E-state index contributed by atoms with van der Waals surface area (Å²) in [5.74, 6) is 0.604. The van der Waals surface area contributed by atoms with E-state index in [0.29, 0.717) is 12.1 Å². The molecule has 0 saturated heterocycles. The number of methoxy groups -OCH3 is 1. The van der Waals surface area contributed by atoms with Gasteiger partial charge in [-0.3, -0.25) is 4.79 Å². The molecule has 0 fully saturated rings. The molecule has 1 aromatic carbocycles. The fourth-order valence-electron chi connectivity index (χ4n) is 1.17. The highest BCUT2D eigenvalue weighted by atomic mass is 16.5. The molecule has 4 heteroatoms. The average molecular weight is 222 g/mol. The second-order valence-corrected chi connectivity index (χ2v) is 4.27. The molecule has 4 nitrogen and oxygen atoms in total. The highest BCUT2D eigenvalue weighted by Gasteiger charge is 2.18. The van der Waals surface area contributed by atoms with Crippen molar-refractivity contribution >= 4 is 5.91 Å². The van der Waals surface area contributed by atoms with Gasteiger partial charge in [0.2, 0.25) is 0 Å². The van der Waals surface area contributed by atoms with Gasteiger partial charge in [0, 0.05) is 17.6 Å².